The molecule has 6 heteroatoms. The number of nitrogens with zero attached hydrogens (tertiary/aromatic N) is 1. The third kappa shape index (κ3) is 3.95. The zero-order valence-electron chi connectivity index (χ0n) is 11.5. The fourth-order valence-electron chi connectivity index (χ4n) is 2.25. The minimum absolute atomic E-state index is 0.186. The fraction of sp³-hybridized carbons (Fsp3) is 0.333. The second kappa shape index (κ2) is 6.58. The Bertz CT molecular complexity index is 568. The summed E-state index contributed by atoms with van der Waals surface area (Å²) in [4.78, 5) is 15.9. The van der Waals surface area contributed by atoms with E-state index >= 15 is 0 Å². The van der Waals surface area contributed by atoms with Crippen LogP contribution in [0.2, 0.25) is 0 Å². The number of alkyl carbamates (subject to hydrolysis) is 1. The number of carbonyl (C=O) groups excluding carboxylic acids is 1. The summed E-state index contributed by atoms with van der Waals surface area (Å²) in [6.07, 6.45) is 3.24. The smallest absolute Gasteiger partial charge is 0.407 e. The fourth-order valence-corrected chi connectivity index (χ4v) is 2.86. The van der Waals surface area contributed by atoms with E-state index in [2.05, 4.69) is 15.6 Å². The second-order valence-electron chi connectivity index (χ2n) is 5.05. The summed E-state index contributed by atoms with van der Waals surface area (Å²) in [5.74, 6) is 0. The predicted octanol–water partition coefficient (Wildman–Crippen LogP) is 3.01. The molecule has 1 aliphatic carbocycles. The number of ether oxygens (including phenoxy) is 1. The van der Waals surface area contributed by atoms with Crippen molar-refractivity contribution in [1.82, 2.24) is 10.3 Å². The third-order valence-electron chi connectivity index (χ3n) is 3.43. The minimum atomic E-state index is -0.350. The number of amides is 1. The Labute approximate surface area is 127 Å². The van der Waals surface area contributed by atoms with Crippen molar-refractivity contribution in [1.29, 1.82) is 0 Å². The lowest BCUT2D eigenvalue weighted by molar-refractivity contribution is 0.129. The summed E-state index contributed by atoms with van der Waals surface area (Å²) < 4.78 is 5.19. The summed E-state index contributed by atoms with van der Waals surface area (Å²) in [5, 5.41) is 9.09. The monoisotopic (exact) mass is 303 g/mol. The number of aromatic nitrogens is 1. The molecule has 0 aliphatic heterocycles. The maximum Gasteiger partial charge on any atom is 0.407 e. The van der Waals surface area contributed by atoms with Gasteiger partial charge in [-0.15, -0.1) is 11.3 Å². The Hall–Kier alpha value is -2.08. The van der Waals surface area contributed by atoms with Gasteiger partial charge in [0.05, 0.1) is 0 Å². The summed E-state index contributed by atoms with van der Waals surface area (Å²) >= 11 is 1.59. The highest BCUT2D eigenvalue weighted by molar-refractivity contribution is 7.13. The molecule has 5 nitrogen and oxygen atoms in total. The Morgan fingerprint density at radius 2 is 2.10 bits per heavy atom. The molecule has 0 saturated heterocycles. The molecule has 1 aromatic heterocycles. The van der Waals surface area contributed by atoms with Crippen molar-refractivity contribution in [3.05, 3.63) is 47.5 Å². The van der Waals surface area contributed by atoms with Crippen LogP contribution in [0.15, 0.2) is 41.9 Å². The molecule has 1 saturated carbocycles. The van der Waals surface area contributed by atoms with E-state index in [9.17, 15) is 4.79 Å². The molecule has 1 fully saturated rings. The highest BCUT2D eigenvalue weighted by Crippen LogP contribution is 2.25. The molecule has 1 aromatic carbocycles. The van der Waals surface area contributed by atoms with Crippen LogP contribution in [-0.2, 0) is 11.3 Å². The molecule has 1 amide bonds. The van der Waals surface area contributed by atoms with Crippen LogP contribution in [0.4, 0.5) is 9.93 Å². The topological polar surface area (TPSA) is 63.2 Å². The Balaban J connectivity index is 1.34. The lowest BCUT2D eigenvalue weighted by atomic mass is 9.87. The van der Waals surface area contributed by atoms with Gasteiger partial charge < -0.3 is 15.4 Å². The molecule has 2 N–H and O–H groups in total. The zero-order chi connectivity index (χ0) is 14.5. The van der Waals surface area contributed by atoms with Gasteiger partial charge in [-0.25, -0.2) is 9.78 Å². The third-order valence-corrected chi connectivity index (χ3v) is 4.14. The number of nitrogens with one attached hydrogen (secondary N) is 2. The molecular formula is C15H17N3O2S. The summed E-state index contributed by atoms with van der Waals surface area (Å²) in [7, 11) is 0. The van der Waals surface area contributed by atoms with E-state index < -0.39 is 0 Å². The number of hydrogen-bond acceptors (Lipinski definition) is 5. The first-order valence-electron chi connectivity index (χ1n) is 6.93. The molecule has 3 rings (SSSR count). The highest BCUT2D eigenvalue weighted by Gasteiger charge is 2.31. The van der Waals surface area contributed by atoms with Gasteiger partial charge in [0.25, 0.3) is 0 Å². The number of hydrogen-bond donors (Lipinski definition) is 2. The van der Waals surface area contributed by atoms with Gasteiger partial charge in [0.1, 0.15) is 6.61 Å². The molecular weight excluding hydrogens is 286 g/mol. The molecule has 110 valence electrons. The SMILES string of the molecule is O=C(NC1CC(Nc2nccs2)C1)OCc1ccccc1. The van der Waals surface area contributed by atoms with Crippen LogP contribution in [-0.4, -0.2) is 23.2 Å². The quantitative estimate of drug-likeness (QED) is 0.891. The molecule has 2 aromatic rings. The van der Waals surface area contributed by atoms with E-state index in [4.69, 9.17) is 4.74 Å². The lowest BCUT2D eigenvalue weighted by Gasteiger charge is -2.35. The van der Waals surface area contributed by atoms with E-state index in [1.54, 1.807) is 17.5 Å². The van der Waals surface area contributed by atoms with Crippen molar-refractivity contribution < 1.29 is 9.53 Å². The van der Waals surface area contributed by atoms with Gasteiger partial charge >= 0.3 is 6.09 Å². The number of rotatable bonds is 5. The first-order valence-corrected chi connectivity index (χ1v) is 7.81. The molecule has 0 unspecified atom stereocenters. The van der Waals surface area contributed by atoms with Gasteiger partial charge in [-0.05, 0) is 18.4 Å². The number of carbonyl (C=O) groups is 1. The van der Waals surface area contributed by atoms with Crippen molar-refractivity contribution in [3.8, 4) is 0 Å². The molecule has 0 spiro atoms. The van der Waals surface area contributed by atoms with E-state index in [-0.39, 0.29) is 12.1 Å². The number of anilines is 1. The average molecular weight is 303 g/mol. The van der Waals surface area contributed by atoms with E-state index in [1.807, 2.05) is 35.7 Å². The van der Waals surface area contributed by atoms with Crippen molar-refractivity contribution in [2.24, 2.45) is 0 Å². The van der Waals surface area contributed by atoms with Crippen molar-refractivity contribution in [3.63, 3.8) is 0 Å². The van der Waals surface area contributed by atoms with E-state index in [0.29, 0.717) is 12.6 Å². The average Bonchev–Trinajstić information content (AvgIpc) is 2.97. The van der Waals surface area contributed by atoms with Gasteiger partial charge in [0, 0.05) is 23.7 Å². The van der Waals surface area contributed by atoms with Crippen LogP contribution in [0.1, 0.15) is 18.4 Å². The van der Waals surface area contributed by atoms with Gasteiger partial charge in [-0.3, -0.25) is 0 Å². The molecule has 0 bridgehead atoms. The zero-order valence-corrected chi connectivity index (χ0v) is 12.3. The van der Waals surface area contributed by atoms with Crippen molar-refractivity contribution in [2.75, 3.05) is 5.32 Å². The lowest BCUT2D eigenvalue weighted by Crippen LogP contribution is -2.49. The summed E-state index contributed by atoms with van der Waals surface area (Å²) in [5.41, 5.74) is 0.990. The largest absolute Gasteiger partial charge is 0.445 e. The van der Waals surface area contributed by atoms with Crippen LogP contribution in [0.25, 0.3) is 0 Å². The van der Waals surface area contributed by atoms with Gasteiger partial charge in [-0.2, -0.15) is 0 Å². The van der Waals surface area contributed by atoms with Crippen molar-refractivity contribution in [2.45, 2.75) is 31.5 Å². The van der Waals surface area contributed by atoms with Gasteiger partial charge in [0.2, 0.25) is 0 Å². The maximum atomic E-state index is 11.7. The predicted molar refractivity (Wildman–Crippen MR) is 82.3 cm³/mol. The Morgan fingerprint density at radius 3 is 2.81 bits per heavy atom. The second-order valence-corrected chi connectivity index (χ2v) is 5.95. The highest BCUT2D eigenvalue weighted by atomic mass is 32.1. The number of benzene rings is 1. The normalized spacial score (nSPS) is 20.4. The first kappa shape index (κ1) is 13.9. The number of thiazole rings is 1. The minimum Gasteiger partial charge on any atom is -0.445 e. The van der Waals surface area contributed by atoms with E-state index in [0.717, 1.165) is 23.5 Å². The van der Waals surface area contributed by atoms with Gasteiger partial charge in [-0.1, -0.05) is 30.3 Å². The molecule has 0 atom stereocenters. The van der Waals surface area contributed by atoms with Crippen LogP contribution >= 0.6 is 11.3 Å². The molecule has 1 aliphatic rings. The Kier molecular flexibility index (Phi) is 4.35. The van der Waals surface area contributed by atoms with Crippen LogP contribution in [0.3, 0.4) is 0 Å². The Morgan fingerprint density at radius 1 is 1.29 bits per heavy atom. The van der Waals surface area contributed by atoms with Crippen LogP contribution in [0, 0.1) is 0 Å². The standard InChI is InChI=1S/C15H17N3O2S/c19-15(20-10-11-4-2-1-3-5-11)18-13-8-12(9-13)17-14-16-6-7-21-14/h1-7,12-13H,8-10H2,(H,16,17)(H,18,19). The maximum absolute atomic E-state index is 11.7. The van der Waals surface area contributed by atoms with E-state index in [1.165, 1.54) is 0 Å². The summed E-state index contributed by atoms with van der Waals surface area (Å²) in [6.45, 7) is 0.306. The van der Waals surface area contributed by atoms with Crippen molar-refractivity contribution >= 4 is 22.6 Å². The summed E-state index contributed by atoms with van der Waals surface area (Å²) in [6, 6.07) is 10.2. The first-order chi connectivity index (χ1) is 10.3. The molecule has 1 heterocycles. The van der Waals surface area contributed by atoms with Crippen LogP contribution in [0.5, 0.6) is 0 Å². The van der Waals surface area contributed by atoms with Gasteiger partial charge in [0.15, 0.2) is 5.13 Å². The molecule has 21 heavy (non-hydrogen) atoms. The van der Waals surface area contributed by atoms with Crippen LogP contribution < -0.4 is 10.6 Å². The molecule has 0 radical (unpaired) electrons.